The SMILES string of the molecule is CC1(C)C=Cc2c(ccc3c4c(n(O)c23)C(C)(C)C2CC35CCCN3C(=O)C2(NC5=O)C4=O)O1. The van der Waals surface area contributed by atoms with Crippen molar-refractivity contribution < 1.29 is 24.3 Å². The number of ether oxygens (including phenoxy) is 1. The Morgan fingerprint density at radius 2 is 1.91 bits per heavy atom. The lowest BCUT2D eigenvalue weighted by Gasteiger charge is -2.62. The number of Topliss-reactive ketones (excluding diaryl/α,β-unsaturated/α-hetero) is 1. The molecule has 1 aliphatic carbocycles. The molecule has 8 heteroatoms. The van der Waals surface area contributed by atoms with Crippen LogP contribution in [0.15, 0.2) is 18.2 Å². The second-order valence-corrected chi connectivity index (χ2v) is 11.6. The minimum atomic E-state index is -1.64. The molecule has 2 bridgehead atoms. The third-order valence-electron chi connectivity index (χ3n) is 9.07. The van der Waals surface area contributed by atoms with Crippen LogP contribution in [0.2, 0.25) is 0 Å². The van der Waals surface area contributed by atoms with Crippen molar-refractivity contribution >= 4 is 34.6 Å². The number of hydrogen-bond acceptors (Lipinski definition) is 5. The van der Waals surface area contributed by atoms with Crippen molar-refractivity contribution in [2.75, 3.05) is 6.54 Å². The topological polar surface area (TPSA) is 101 Å². The van der Waals surface area contributed by atoms with Crippen LogP contribution in [0.4, 0.5) is 0 Å². The van der Waals surface area contributed by atoms with Gasteiger partial charge in [0.1, 0.15) is 16.9 Å². The molecule has 3 unspecified atom stereocenters. The minimum Gasteiger partial charge on any atom is -0.483 e. The summed E-state index contributed by atoms with van der Waals surface area (Å²) in [5.74, 6) is -0.792. The van der Waals surface area contributed by atoms with Crippen LogP contribution < -0.4 is 10.1 Å². The number of amides is 2. The summed E-state index contributed by atoms with van der Waals surface area (Å²) in [5.41, 5.74) is -1.81. The van der Waals surface area contributed by atoms with Gasteiger partial charge in [0.05, 0.1) is 16.8 Å². The van der Waals surface area contributed by atoms with E-state index in [9.17, 15) is 19.6 Å². The molecule has 34 heavy (non-hydrogen) atoms. The summed E-state index contributed by atoms with van der Waals surface area (Å²) in [5, 5.41) is 15.0. The van der Waals surface area contributed by atoms with Crippen LogP contribution in [0.25, 0.3) is 17.0 Å². The Morgan fingerprint density at radius 3 is 2.68 bits per heavy atom. The number of piperazine rings is 1. The summed E-state index contributed by atoms with van der Waals surface area (Å²) >= 11 is 0. The maximum Gasteiger partial charge on any atom is 0.257 e. The van der Waals surface area contributed by atoms with Gasteiger partial charge in [-0.15, -0.1) is 0 Å². The predicted molar refractivity (Wildman–Crippen MR) is 123 cm³/mol. The van der Waals surface area contributed by atoms with Crippen molar-refractivity contribution in [2.45, 2.75) is 69.1 Å². The lowest BCUT2D eigenvalue weighted by molar-refractivity contribution is -0.174. The Bertz CT molecular complexity index is 1420. The number of carbonyl (C=O) groups is 3. The van der Waals surface area contributed by atoms with Crippen LogP contribution in [0.3, 0.4) is 0 Å². The molecule has 2 N–H and O–H groups in total. The van der Waals surface area contributed by atoms with Gasteiger partial charge < -0.3 is 20.2 Å². The third kappa shape index (κ3) is 1.90. The fourth-order valence-electron chi connectivity index (χ4n) is 7.52. The molecule has 4 saturated heterocycles. The van der Waals surface area contributed by atoms with Gasteiger partial charge in [-0.2, -0.15) is 4.73 Å². The monoisotopic (exact) mass is 461 g/mol. The van der Waals surface area contributed by atoms with Gasteiger partial charge in [-0.05, 0) is 57.4 Å². The van der Waals surface area contributed by atoms with Crippen LogP contribution in [-0.4, -0.2) is 55.7 Å². The molecule has 6 heterocycles. The maximum absolute atomic E-state index is 14.3. The van der Waals surface area contributed by atoms with Crippen molar-refractivity contribution in [2.24, 2.45) is 5.92 Å². The molecular formula is C26H27N3O5. The first-order chi connectivity index (χ1) is 16.0. The smallest absolute Gasteiger partial charge is 0.257 e. The summed E-state index contributed by atoms with van der Waals surface area (Å²) in [7, 11) is 0. The maximum atomic E-state index is 14.3. The van der Waals surface area contributed by atoms with Gasteiger partial charge in [0.2, 0.25) is 11.7 Å². The highest BCUT2D eigenvalue weighted by molar-refractivity contribution is 6.28. The summed E-state index contributed by atoms with van der Waals surface area (Å²) in [6.45, 7) is 8.33. The average Bonchev–Trinajstić information content (AvgIpc) is 3.33. The van der Waals surface area contributed by atoms with E-state index in [1.54, 1.807) is 17.0 Å². The summed E-state index contributed by atoms with van der Waals surface area (Å²) in [6, 6.07) is 3.58. The first-order valence-corrected chi connectivity index (χ1v) is 11.9. The Balaban J connectivity index is 1.54. The van der Waals surface area contributed by atoms with Crippen LogP contribution >= 0.6 is 0 Å². The van der Waals surface area contributed by atoms with E-state index in [-0.39, 0.29) is 11.8 Å². The number of hydrogen-bond donors (Lipinski definition) is 2. The highest BCUT2D eigenvalue weighted by Gasteiger charge is 2.76. The van der Waals surface area contributed by atoms with Crippen molar-refractivity contribution in [3.63, 3.8) is 0 Å². The molecule has 0 radical (unpaired) electrons. The molecule has 1 aromatic heterocycles. The quantitative estimate of drug-likeness (QED) is 0.464. The van der Waals surface area contributed by atoms with Crippen molar-refractivity contribution in [3.05, 3.63) is 35.0 Å². The van der Waals surface area contributed by atoms with Crippen LogP contribution in [0.1, 0.15) is 68.6 Å². The van der Waals surface area contributed by atoms with E-state index in [0.29, 0.717) is 52.9 Å². The molecule has 0 saturated carbocycles. The molecule has 176 valence electrons. The number of piperidine rings is 2. The van der Waals surface area contributed by atoms with E-state index >= 15 is 0 Å². The van der Waals surface area contributed by atoms with E-state index in [1.165, 1.54) is 0 Å². The molecule has 3 atom stereocenters. The van der Waals surface area contributed by atoms with Crippen LogP contribution in [0.5, 0.6) is 5.75 Å². The molecule has 2 amide bonds. The zero-order valence-corrected chi connectivity index (χ0v) is 19.7. The number of nitrogens with one attached hydrogen (secondary N) is 1. The fraction of sp³-hybridized carbons (Fsp3) is 0.500. The van der Waals surface area contributed by atoms with E-state index < -0.39 is 33.8 Å². The second kappa shape index (κ2) is 5.50. The molecular weight excluding hydrogens is 434 g/mol. The van der Waals surface area contributed by atoms with Gasteiger partial charge in [-0.25, -0.2) is 0 Å². The van der Waals surface area contributed by atoms with Gasteiger partial charge in [0, 0.05) is 28.8 Å². The fourth-order valence-corrected chi connectivity index (χ4v) is 7.52. The first-order valence-electron chi connectivity index (χ1n) is 11.9. The molecule has 8 rings (SSSR count). The van der Waals surface area contributed by atoms with Gasteiger partial charge >= 0.3 is 0 Å². The zero-order chi connectivity index (χ0) is 24.0. The van der Waals surface area contributed by atoms with E-state index in [1.807, 2.05) is 39.8 Å². The highest BCUT2D eigenvalue weighted by atomic mass is 16.5. The predicted octanol–water partition coefficient (Wildman–Crippen LogP) is 2.79. The summed E-state index contributed by atoms with van der Waals surface area (Å²) in [6.07, 6.45) is 5.59. The normalized spacial score (nSPS) is 33.8. The Morgan fingerprint density at radius 1 is 1.15 bits per heavy atom. The zero-order valence-electron chi connectivity index (χ0n) is 19.7. The number of nitrogens with zero attached hydrogens (tertiary/aromatic N) is 2. The highest BCUT2D eigenvalue weighted by Crippen LogP contribution is 2.60. The van der Waals surface area contributed by atoms with Crippen LogP contribution in [0, 0.1) is 5.92 Å². The Kier molecular flexibility index (Phi) is 3.26. The second-order valence-electron chi connectivity index (χ2n) is 11.6. The summed E-state index contributed by atoms with van der Waals surface area (Å²) in [4.78, 5) is 43.2. The molecule has 6 aliphatic rings. The molecule has 5 aliphatic heterocycles. The van der Waals surface area contributed by atoms with Crippen LogP contribution in [-0.2, 0) is 15.0 Å². The van der Waals surface area contributed by atoms with Gasteiger partial charge in [0.15, 0.2) is 5.54 Å². The van der Waals surface area contributed by atoms with Gasteiger partial charge in [0.25, 0.3) is 5.91 Å². The minimum absolute atomic E-state index is 0.225. The number of carbonyl (C=O) groups excluding carboxylic acids is 3. The van der Waals surface area contributed by atoms with Crippen molar-refractivity contribution in [3.8, 4) is 5.75 Å². The Labute approximate surface area is 196 Å². The van der Waals surface area contributed by atoms with Crippen molar-refractivity contribution in [1.82, 2.24) is 14.9 Å². The van der Waals surface area contributed by atoms with E-state index in [2.05, 4.69) is 5.32 Å². The Hall–Kier alpha value is -3.29. The number of benzene rings is 1. The van der Waals surface area contributed by atoms with Crippen molar-refractivity contribution in [1.29, 1.82) is 0 Å². The summed E-state index contributed by atoms with van der Waals surface area (Å²) < 4.78 is 7.23. The average molecular weight is 462 g/mol. The number of ketones is 1. The first kappa shape index (κ1) is 20.1. The lowest BCUT2D eigenvalue weighted by Crippen LogP contribution is -2.86. The number of rotatable bonds is 0. The molecule has 1 aromatic carbocycles. The number of fused-ring (bicyclic) bond motifs is 6. The molecule has 8 nitrogen and oxygen atoms in total. The van der Waals surface area contributed by atoms with Gasteiger partial charge in [-0.1, -0.05) is 13.8 Å². The third-order valence-corrected chi connectivity index (χ3v) is 9.07. The van der Waals surface area contributed by atoms with Gasteiger partial charge in [-0.3, -0.25) is 14.4 Å². The lowest BCUT2D eigenvalue weighted by atomic mass is 9.51. The van der Waals surface area contributed by atoms with E-state index in [0.717, 1.165) is 11.2 Å². The largest absolute Gasteiger partial charge is 0.483 e. The standard InChI is InChI=1S/C26H27N3O5/c1-23(2)10-8-13-15(34-23)7-6-14-17-19(29(33)18(13)14)24(3,4)16-12-25-9-5-11-28(25)22(32)26(16,20(17)30)27-21(25)31/h6-8,10,16,33H,5,9,11-12H2,1-4H3,(H,27,31). The molecule has 2 aromatic rings. The van der Waals surface area contributed by atoms with E-state index in [4.69, 9.17) is 4.74 Å². The number of aromatic nitrogens is 1. The molecule has 4 fully saturated rings. The molecule has 2 spiro atoms.